The molecule has 0 aliphatic heterocycles. The fourth-order valence-electron chi connectivity index (χ4n) is 1.79. The van der Waals surface area contributed by atoms with Crippen molar-refractivity contribution in [1.29, 1.82) is 0 Å². The van der Waals surface area contributed by atoms with E-state index in [0.717, 1.165) is 5.82 Å². The van der Waals surface area contributed by atoms with Crippen LogP contribution in [-0.2, 0) is 7.05 Å². The van der Waals surface area contributed by atoms with E-state index in [2.05, 4.69) is 15.6 Å². The lowest BCUT2D eigenvalue weighted by molar-refractivity contribution is 0.248. The van der Waals surface area contributed by atoms with Gasteiger partial charge in [-0.15, -0.1) is 0 Å². The molecule has 0 saturated heterocycles. The normalized spacial score (nSPS) is 11.9. The summed E-state index contributed by atoms with van der Waals surface area (Å²) in [6, 6.07) is 6.52. The lowest BCUT2D eigenvalue weighted by Crippen LogP contribution is -2.32. The Labute approximate surface area is 116 Å². The van der Waals surface area contributed by atoms with Crippen LogP contribution in [0.5, 0.6) is 0 Å². The molecule has 100 valence electrons. The third kappa shape index (κ3) is 3.48. The molecule has 0 spiro atoms. The first-order valence-corrected chi connectivity index (χ1v) is 6.24. The van der Waals surface area contributed by atoms with Crippen molar-refractivity contribution in [3.05, 3.63) is 47.5 Å². The second-order valence-electron chi connectivity index (χ2n) is 4.23. The Morgan fingerprint density at radius 1 is 1.47 bits per heavy atom. The van der Waals surface area contributed by atoms with Gasteiger partial charge < -0.3 is 15.2 Å². The van der Waals surface area contributed by atoms with Crippen LogP contribution in [0.15, 0.2) is 36.7 Å². The zero-order chi connectivity index (χ0) is 13.8. The average molecular weight is 279 g/mol. The van der Waals surface area contributed by atoms with E-state index in [-0.39, 0.29) is 12.1 Å². The van der Waals surface area contributed by atoms with Gasteiger partial charge in [-0.05, 0) is 25.1 Å². The molecule has 0 aliphatic carbocycles. The van der Waals surface area contributed by atoms with E-state index in [0.29, 0.717) is 10.7 Å². The largest absolute Gasteiger partial charge is 0.336 e. The molecule has 2 rings (SSSR count). The summed E-state index contributed by atoms with van der Waals surface area (Å²) >= 11 is 5.85. The third-order valence-corrected chi connectivity index (χ3v) is 2.91. The first-order valence-electron chi connectivity index (χ1n) is 5.86. The van der Waals surface area contributed by atoms with Crippen molar-refractivity contribution in [3.63, 3.8) is 0 Å². The number of aromatic nitrogens is 2. The summed E-state index contributed by atoms with van der Waals surface area (Å²) in [6.07, 6.45) is 3.53. The Morgan fingerprint density at radius 3 is 2.89 bits per heavy atom. The molecule has 6 heteroatoms. The number of imidazole rings is 1. The highest BCUT2D eigenvalue weighted by molar-refractivity contribution is 6.30. The second kappa shape index (κ2) is 5.75. The first-order chi connectivity index (χ1) is 9.06. The number of hydrogen-bond donors (Lipinski definition) is 2. The van der Waals surface area contributed by atoms with Crippen molar-refractivity contribution in [3.8, 4) is 0 Å². The van der Waals surface area contributed by atoms with Gasteiger partial charge in [-0.3, -0.25) is 0 Å². The van der Waals surface area contributed by atoms with E-state index in [1.807, 2.05) is 24.7 Å². The number of benzene rings is 1. The van der Waals surface area contributed by atoms with Crippen LogP contribution < -0.4 is 10.6 Å². The van der Waals surface area contributed by atoms with Gasteiger partial charge in [0.1, 0.15) is 5.82 Å². The number of carbonyl (C=O) groups is 1. The van der Waals surface area contributed by atoms with Gasteiger partial charge in [0.05, 0.1) is 6.04 Å². The summed E-state index contributed by atoms with van der Waals surface area (Å²) in [4.78, 5) is 16.0. The Hall–Kier alpha value is -2.01. The third-order valence-electron chi connectivity index (χ3n) is 2.68. The van der Waals surface area contributed by atoms with E-state index in [1.165, 1.54) is 0 Å². The maximum atomic E-state index is 11.8. The molecule has 19 heavy (non-hydrogen) atoms. The molecule has 2 N–H and O–H groups in total. The maximum absolute atomic E-state index is 11.8. The number of rotatable bonds is 3. The maximum Gasteiger partial charge on any atom is 0.319 e. The Balaban J connectivity index is 1.96. The van der Waals surface area contributed by atoms with Gasteiger partial charge in [0, 0.05) is 30.2 Å². The highest BCUT2D eigenvalue weighted by Crippen LogP contribution is 2.15. The molecule has 2 amide bonds. The number of hydrogen-bond acceptors (Lipinski definition) is 2. The Morgan fingerprint density at radius 2 is 2.26 bits per heavy atom. The van der Waals surface area contributed by atoms with Crippen molar-refractivity contribution in [1.82, 2.24) is 14.9 Å². The van der Waals surface area contributed by atoms with Gasteiger partial charge in [0.2, 0.25) is 0 Å². The Kier molecular flexibility index (Phi) is 4.06. The molecule has 0 radical (unpaired) electrons. The molecule has 1 heterocycles. The number of anilines is 1. The molecule has 1 atom stereocenters. The van der Waals surface area contributed by atoms with Gasteiger partial charge in [-0.2, -0.15) is 0 Å². The van der Waals surface area contributed by atoms with Crippen LogP contribution >= 0.6 is 11.6 Å². The standard InChI is InChI=1S/C13H15ClN4O/c1-9(12-15-6-7-18(12)2)16-13(19)17-11-5-3-4-10(14)8-11/h3-9H,1-2H3,(H2,16,17,19). The van der Waals surface area contributed by atoms with Gasteiger partial charge in [0.15, 0.2) is 0 Å². The van der Waals surface area contributed by atoms with Gasteiger partial charge in [0.25, 0.3) is 0 Å². The lowest BCUT2D eigenvalue weighted by atomic mass is 10.3. The lowest BCUT2D eigenvalue weighted by Gasteiger charge is -2.14. The summed E-state index contributed by atoms with van der Waals surface area (Å²) in [6.45, 7) is 1.87. The predicted molar refractivity (Wildman–Crippen MR) is 75.2 cm³/mol. The highest BCUT2D eigenvalue weighted by atomic mass is 35.5. The number of halogens is 1. The van der Waals surface area contributed by atoms with Crippen molar-refractivity contribution < 1.29 is 4.79 Å². The van der Waals surface area contributed by atoms with Crippen LogP contribution in [0.25, 0.3) is 0 Å². The molecule has 1 unspecified atom stereocenters. The second-order valence-corrected chi connectivity index (χ2v) is 4.66. The summed E-state index contributed by atoms with van der Waals surface area (Å²) in [5.74, 6) is 0.793. The number of urea groups is 1. The van der Waals surface area contributed by atoms with Crippen LogP contribution in [0.1, 0.15) is 18.8 Å². The number of aryl methyl sites for hydroxylation is 1. The van der Waals surface area contributed by atoms with Gasteiger partial charge >= 0.3 is 6.03 Å². The summed E-state index contributed by atoms with van der Waals surface area (Å²) < 4.78 is 1.87. The molecule has 0 fully saturated rings. The molecule has 0 aliphatic rings. The van der Waals surface area contributed by atoms with E-state index in [1.54, 1.807) is 30.5 Å². The smallest absolute Gasteiger partial charge is 0.319 e. The molecule has 1 aromatic carbocycles. The first kappa shape index (κ1) is 13.4. The quantitative estimate of drug-likeness (QED) is 0.907. The summed E-state index contributed by atoms with van der Waals surface area (Å²) in [5, 5.41) is 6.12. The van der Waals surface area contributed by atoms with Crippen molar-refractivity contribution in [2.45, 2.75) is 13.0 Å². The van der Waals surface area contributed by atoms with Crippen LogP contribution in [0.2, 0.25) is 5.02 Å². The van der Waals surface area contributed by atoms with Crippen LogP contribution in [0.3, 0.4) is 0 Å². The molecular formula is C13H15ClN4O. The zero-order valence-electron chi connectivity index (χ0n) is 10.7. The van der Waals surface area contributed by atoms with Crippen LogP contribution in [0.4, 0.5) is 10.5 Å². The minimum atomic E-state index is -0.294. The highest BCUT2D eigenvalue weighted by Gasteiger charge is 2.13. The zero-order valence-corrected chi connectivity index (χ0v) is 11.5. The molecule has 0 bridgehead atoms. The van der Waals surface area contributed by atoms with Crippen LogP contribution in [0, 0.1) is 0 Å². The number of amides is 2. The number of carbonyl (C=O) groups excluding carboxylic acids is 1. The Bertz CT molecular complexity index is 582. The van der Waals surface area contributed by atoms with Crippen molar-refractivity contribution in [2.75, 3.05) is 5.32 Å². The molecule has 0 saturated carbocycles. The van der Waals surface area contributed by atoms with E-state index < -0.39 is 0 Å². The van der Waals surface area contributed by atoms with Crippen molar-refractivity contribution >= 4 is 23.3 Å². The number of nitrogens with zero attached hydrogens (tertiary/aromatic N) is 2. The van der Waals surface area contributed by atoms with Gasteiger partial charge in [-0.1, -0.05) is 17.7 Å². The molecule has 1 aromatic heterocycles. The van der Waals surface area contributed by atoms with E-state index >= 15 is 0 Å². The molecule has 5 nitrogen and oxygen atoms in total. The van der Waals surface area contributed by atoms with Crippen LogP contribution in [-0.4, -0.2) is 15.6 Å². The monoisotopic (exact) mass is 278 g/mol. The minimum absolute atomic E-state index is 0.181. The van der Waals surface area contributed by atoms with E-state index in [4.69, 9.17) is 11.6 Å². The topological polar surface area (TPSA) is 59.0 Å². The SMILES string of the molecule is CC(NC(=O)Nc1cccc(Cl)c1)c1nccn1C. The average Bonchev–Trinajstić information content (AvgIpc) is 2.75. The summed E-state index contributed by atoms with van der Waals surface area (Å²) in [5.41, 5.74) is 0.650. The van der Waals surface area contributed by atoms with E-state index in [9.17, 15) is 4.79 Å². The number of nitrogens with one attached hydrogen (secondary N) is 2. The minimum Gasteiger partial charge on any atom is -0.336 e. The van der Waals surface area contributed by atoms with Gasteiger partial charge in [-0.25, -0.2) is 9.78 Å². The fraction of sp³-hybridized carbons (Fsp3) is 0.231. The summed E-state index contributed by atoms with van der Waals surface area (Å²) in [7, 11) is 1.88. The molecular weight excluding hydrogens is 264 g/mol. The van der Waals surface area contributed by atoms with Crippen molar-refractivity contribution in [2.24, 2.45) is 7.05 Å². The fourth-order valence-corrected chi connectivity index (χ4v) is 1.98. The molecule has 2 aromatic rings. The predicted octanol–water partition coefficient (Wildman–Crippen LogP) is 2.96.